The van der Waals surface area contributed by atoms with Gasteiger partial charge in [-0.05, 0) is 59.0 Å². The molecule has 25 heavy (non-hydrogen) atoms. The molecule has 5 nitrogen and oxygen atoms in total. The molecule has 2 aromatic rings. The van der Waals surface area contributed by atoms with Crippen LogP contribution < -0.4 is 19.5 Å². The quantitative estimate of drug-likeness (QED) is 0.491. The van der Waals surface area contributed by atoms with Crippen molar-refractivity contribution < 1.29 is 19.0 Å². The second-order valence-electron chi connectivity index (χ2n) is 4.88. The lowest BCUT2D eigenvalue weighted by Gasteiger charge is -2.14. The largest absolute Gasteiger partial charge is 0.493 e. The van der Waals surface area contributed by atoms with E-state index in [1.54, 1.807) is 37.5 Å². The van der Waals surface area contributed by atoms with Crippen molar-refractivity contribution in [2.45, 2.75) is 0 Å². The topological polar surface area (TPSA) is 56.8 Å². The van der Waals surface area contributed by atoms with Crippen LogP contribution in [-0.4, -0.2) is 27.2 Å². The van der Waals surface area contributed by atoms with Crippen LogP contribution in [0.5, 0.6) is 17.2 Å². The summed E-state index contributed by atoms with van der Waals surface area (Å²) < 4.78 is 16.9. The van der Waals surface area contributed by atoms with Crippen LogP contribution in [0.25, 0.3) is 6.08 Å². The van der Waals surface area contributed by atoms with Crippen LogP contribution >= 0.6 is 34.2 Å². The first-order valence-electron chi connectivity index (χ1n) is 7.23. The second-order valence-corrected chi connectivity index (χ2v) is 6.44. The van der Waals surface area contributed by atoms with Crippen molar-refractivity contribution in [1.82, 2.24) is 0 Å². The van der Waals surface area contributed by atoms with Crippen LogP contribution in [0.15, 0.2) is 36.4 Å². The van der Waals surface area contributed by atoms with E-state index in [1.807, 2.05) is 6.07 Å². The number of nitrogens with one attached hydrogen (secondary N) is 1. The van der Waals surface area contributed by atoms with Gasteiger partial charge in [-0.25, -0.2) is 0 Å². The summed E-state index contributed by atoms with van der Waals surface area (Å²) in [6, 6.07) is 8.85. The Morgan fingerprint density at radius 3 is 2.40 bits per heavy atom. The smallest absolute Gasteiger partial charge is 0.248 e. The Labute approximate surface area is 165 Å². The third-order valence-electron chi connectivity index (χ3n) is 3.34. The Morgan fingerprint density at radius 2 is 1.80 bits per heavy atom. The molecular weight excluding hydrogens is 457 g/mol. The number of carbonyl (C=O) groups is 1. The van der Waals surface area contributed by atoms with Crippen molar-refractivity contribution in [3.8, 4) is 17.2 Å². The lowest BCUT2D eigenvalue weighted by Crippen LogP contribution is -2.07. The van der Waals surface area contributed by atoms with E-state index in [0.717, 1.165) is 3.57 Å². The molecule has 0 saturated carbocycles. The van der Waals surface area contributed by atoms with E-state index in [0.29, 0.717) is 33.5 Å². The number of amides is 1. The van der Waals surface area contributed by atoms with Crippen LogP contribution in [0.4, 0.5) is 5.69 Å². The molecule has 0 saturated heterocycles. The average Bonchev–Trinajstić information content (AvgIpc) is 2.61. The van der Waals surface area contributed by atoms with Crippen molar-refractivity contribution in [2.75, 3.05) is 26.6 Å². The molecule has 0 fully saturated rings. The summed E-state index contributed by atoms with van der Waals surface area (Å²) in [5.41, 5.74) is 1.32. The molecule has 0 aliphatic carbocycles. The number of carbonyl (C=O) groups excluding carboxylic acids is 1. The van der Waals surface area contributed by atoms with Crippen molar-refractivity contribution >= 4 is 51.9 Å². The molecular formula is C18H17ClINO4. The normalized spacial score (nSPS) is 10.6. The standard InChI is InChI=1S/C18H17ClINO4/c1-23-15-8-4-11(17(24-2)18(15)25-3)5-9-16(22)21-12-6-7-14(20)13(19)10-12/h4-10H,1-3H3,(H,21,22)/b9-5-. The number of rotatable bonds is 6. The van der Waals surface area contributed by atoms with Gasteiger partial charge in [-0.15, -0.1) is 0 Å². The fourth-order valence-electron chi connectivity index (χ4n) is 2.18. The Hall–Kier alpha value is -1.93. The number of ether oxygens (including phenoxy) is 3. The zero-order valence-electron chi connectivity index (χ0n) is 13.9. The van der Waals surface area contributed by atoms with Gasteiger partial charge < -0.3 is 19.5 Å². The highest BCUT2D eigenvalue weighted by Gasteiger charge is 2.14. The number of hydrogen-bond acceptors (Lipinski definition) is 4. The second kappa shape index (κ2) is 8.96. The number of hydrogen-bond donors (Lipinski definition) is 1. The van der Waals surface area contributed by atoms with Gasteiger partial charge in [0.2, 0.25) is 11.7 Å². The van der Waals surface area contributed by atoms with Gasteiger partial charge in [-0.1, -0.05) is 11.6 Å². The van der Waals surface area contributed by atoms with Gasteiger partial charge in [-0.3, -0.25) is 4.79 Å². The molecule has 0 radical (unpaired) electrons. The third-order valence-corrected chi connectivity index (χ3v) is 4.91. The van der Waals surface area contributed by atoms with E-state index in [1.165, 1.54) is 20.3 Å². The van der Waals surface area contributed by atoms with E-state index in [4.69, 9.17) is 25.8 Å². The first-order valence-corrected chi connectivity index (χ1v) is 8.69. The molecule has 2 rings (SSSR count). The summed E-state index contributed by atoms with van der Waals surface area (Å²) in [5.74, 6) is 1.23. The van der Waals surface area contributed by atoms with Crippen molar-refractivity contribution in [2.24, 2.45) is 0 Å². The first kappa shape index (κ1) is 19.4. The Kier molecular flexibility index (Phi) is 6.95. The van der Waals surface area contributed by atoms with Crippen LogP contribution in [0.3, 0.4) is 0 Å². The summed E-state index contributed by atoms with van der Waals surface area (Å²) in [6.07, 6.45) is 3.06. The molecule has 7 heteroatoms. The Morgan fingerprint density at radius 1 is 1.08 bits per heavy atom. The molecule has 0 heterocycles. The monoisotopic (exact) mass is 473 g/mol. The highest BCUT2D eigenvalue weighted by atomic mass is 127. The Balaban J connectivity index is 2.20. The van der Waals surface area contributed by atoms with E-state index in [-0.39, 0.29) is 5.91 Å². The number of benzene rings is 2. The maximum Gasteiger partial charge on any atom is 0.248 e. The molecule has 2 aromatic carbocycles. The van der Waals surface area contributed by atoms with Gasteiger partial charge >= 0.3 is 0 Å². The summed E-state index contributed by atoms with van der Waals surface area (Å²) in [6.45, 7) is 0. The molecule has 132 valence electrons. The lowest BCUT2D eigenvalue weighted by molar-refractivity contribution is -0.111. The molecule has 0 atom stereocenters. The van der Waals surface area contributed by atoms with Crippen LogP contribution in [-0.2, 0) is 4.79 Å². The van der Waals surface area contributed by atoms with Gasteiger partial charge in [0.25, 0.3) is 0 Å². The molecule has 0 aliphatic heterocycles. The van der Waals surface area contributed by atoms with Gasteiger partial charge in [0, 0.05) is 20.9 Å². The van der Waals surface area contributed by atoms with E-state index >= 15 is 0 Å². The predicted octanol–water partition coefficient (Wildman–Crippen LogP) is 4.62. The number of halogens is 2. The summed E-state index contributed by atoms with van der Waals surface area (Å²) in [7, 11) is 4.61. The highest BCUT2D eigenvalue weighted by Crippen LogP contribution is 2.40. The molecule has 1 amide bonds. The van der Waals surface area contributed by atoms with Gasteiger partial charge in [0.1, 0.15) is 0 Å². The minimum atomic E-state index is -0.283. The number of methoxy groups -OCH3 is 3. The van der Waals surface area contributed by atoms with Gasteiger partial charge in [-0.2, -0.15) is 0 Å². The van der Waals surface area contributed by atoms with Gasteiger partial charge in [0.15, 0.2) is 11.5 Å². The third kappa shape index (κ3) is 4.79. The fraction of sp³-hybridized carbons (Fsp3) is 0.167. The van der Waals surface area contributed by atoms with E-state index in [9.17, 15) is 4.79 Å². The lowest BCUT2D eigenvalue weighted by atomic mass is 10.1. The van der Waals surface area contributed by atoms with Crippen LogP contribution in [0.2, 0.25) is 5.02 Å². The van der Waals surface area contributed by atoms with E-state index < -0.39 is 0 Å². The maximum atomic E-state index is 12.1. The zero-order chi connectivity index (χ0) is 18.4. The van der Waals surface area contributed by atoms with Crippen LogP contribution in [0.1, 0.15) is 5.56 Å². The number of anilines is 1. The van der Waals surface area contributed by atoms with E-state index in [2.05, 4.69) is 27.9 Å². The van der Waals surface area contributed by atoms with Crippen molar-refractivity contribution in [3.05, 3.63) is 50.6 Å². The predicted molar refractivity (Wildman–Crippen MR) is 108 cm³/mol. The molecule has 0 spiro atoms. The summed E-state index contributed by atoms with van der Waals surface area (Å²) in [5, 5.41) is 3.35. The Bertz CT molecular complexity index is 808. The fourth-order valence-corrected chi connectivity index (χ4v) is 2.69. The van der Waals surface area contributed by atoms with Crippen molar-refractivity contribution in [3.63, 3.8) is 0 Å². The SMILES string of the molecule is COc1ccc(/C=C\C(=O)Nc2ccc(I)c(Cl)c2)c(OC)c1OC. The zero-order valence-corrected chi connectivity index (χ0v) is 16.8. The summed E-state index contributed by atoms with van der Waals surface area (Å²) >= 11 is 8.18. The minimum absolute atomic E-state index is 0.283. The van der Waals surface area contributed by atoms with Crippen molar-refractivity contribution in [1.29, 1.82) is 0 Å². The molecule has 0 unspecified atom stereocenters. The molecule has 1 N–H and O–H groups in total. The van der Waals surface area contributed by atoms with Crippen LogP contribution in [0, 0.1) is 3.57 Å². The highest BCUT2D eigenvalue weighted by molar-refractivity contribution is 14.1. The van der Waals surface area contributed by atoms with Gasteiger partial charge in [0.05, 0.1) is 26.4 Å². The first-order chi connectivity index (χ1) is 12.0. The maximum absolute atomic E-state index is 12.1. The minimum Gasteiger partial charge on any atom is -0.493 e. The molecule has 0 bridgehead atoms. The molecule has 0 aliphatic rings. The average molecular weight is 474 g/mol. The molecule has 0 aromatic heterocycles. The summed E-state index contributed by atoms with van der Waals surface area (Å²) in [4.78, 5) is 12.1.